The molecule has 3 aromatic carbocycles. The molecule has 0 spiro atoms. The molecule has 138 valence electrons. The summed E-state index contributed by atoms with van der Waals surface area (Å²) in [5.41, 5.74) is -2.07. The molecule has 28 heavy (non-hydrogen) atoms. The molecule has 5 rings (SSSR count). The minimum atomic E-state index is -4.88. The van der Waals surface area contributed by atoms with Gasteiger partial charge in [-0.05, 0) is 0 Å². The van der Waals surface area contributed by atoms with Crippen molar-refractivity contribution < 1.29 is 24.4 Å². The number of hydrogen-bond donors (Lipinski definition) is 0. The van der Waals surface area contributed by atoms with Crippen LogP contribution in [-0.2, 0) is 6.18 Å². The van der Waals surface area contributed by atoms with Crippen LogP contribution >= 0.6 is 0 Å². The summed E-state index contributed by atoms with van der Waals surface area (Å²) in [6.07, 6.45) is -5.60. The fourth-order valence-electron chi connectivity index (χ4n) is 3.24. The van der Waals surface area contributed by atoms with Crippen molar-refractivity contribution in [1.82, 2.24) is 9.97 Å². The topological polar surface area (TPSA) is 25.8 Å². The predicted octanol–water partition coefficient (Wildman–Crippen LogP) is 5.82. The van der Waals surface area contributed by atoms with Crippen LogP contribution in [0.5, 0.6) is 0 Å². The first-order valence-electron chi connectivity index (χ1n) is 10.5. The van der Waals surface area contributed by atoms with Crippen LogP contribution in [0.15, 0.2) is 60.8 Å². The first-order chi connectivity index (χ1) is 15.5. The van der Waals surface area contributed by atoms with Gasteiger partial charge in [0.2, 0.25) is 0 Å². The van der Waals surface area contributed by atoms with Crippen molar-refractivity contribution in [3.05, 3.63) is 72.2 Å². The van der Waals surface area contributed by atoms with E-state index < -0.39 is 67.3 Å². The van der Waals surface area contributed by atoms with Gasteiger partial charge in [-0.15, -0.1) is 0 Å². The summed E-state index contributed by atoms with van der Waals surface area (Å²) < 4.78 is 98.5. The molecule has 7 heteroatoms. The average Bonchev–Trinajstić information content (AvgIpc) is 3.20. The van der Waals surface area contributed by atoms with Crippen LogP contribution in [0.1, 0.15) is 12.4 Å². The second kappa shape index (κ2) is 6.26. The van der Waals surface area contributed by atoms with E-state index in [9.17, 15) is 13.2 Å². The van der Waals surface area contributed by atoms with E-state index in [-0.39, 0.29) is 33.9 Å². The Morgan fingerprint density at radius 3 is 2.54 bits per heavy atom. The number of hydrogen-bond acceptors (Lipinski definition) is 2. The summed E-state index contributed by atoms with van der Waals surface area (Å²) in [6.45, 7) is 0. The predicted molar refractivity (Wildman–Crippen MR) is 102 cm³/mol. The van der Waals surface area contributed by atoms with Gasteiger partial charge in [-0.2, -0.15) is 0 Å². The standard InChI is InChI=1S/C21H10F4N2Te/c22-18-13-7-3-2-6-12(13)17(21(23,24)25)20-16(18)19(26-10-27-20)15-9-11-5-1-4-8-14(11)28-15/h1-10H/i1D,4D,5D,8D,10D. The first kappa shape index (κ1) is 12.9. The third-order valence-electron chi connectivity index (χ3n) is 4.37. The van der Waals surface area contributed by atoms with Gasteiger partial charge in [0.1, 0.15) is 0 Å². The van der Waals surface area contributed by atoms with Crippen LogP contribution < -0.4 is 0 Å². The molecule has 0 N–H and O–H groups in total. The molecule has 0 aliphatic carbocycles. The Morgan fingerprint density at radius 2 is 1.75 bits per heavy atom. The number of benzene rings is 3. The van der Waals surface area contributed by atoms with Gasteiger partial charge in [0, 0.05) is 0 Å². The Hall–Kier alpha value is -2.49. The quantitative estimate of drug-likeness (QED) is 0.165. The van der Waals surface area contributed by atoms with E-state index in [1.807, 2.05) is 0 Å². The molecule has 2 heterocycles. The van der Waals surface area contributed by atoms with E-state index in [0.29, 0.717) is 6.98 Å². The molecule has 0 unspecified atom stereocenters. The zero-order valence-corrected chi connectivity index (χ0v) is 16.0. The van der Waals surface area contributed by atoms with Crippen molar-refractivity contribution in [3.63, 3.8) is 0 Å². The number of fused-ring (bicyclic) bond motifs is 3. The van der Waals surface area contributed by atoms with Crippen LogP contribution in [0.25, 0.3) is 39.7 Å². The maximum absolute atomic E-state index is 15.6. The molecule has 0 fully saturated rings. The Morgan fingerprint density at radius 1 is 1.00 bits per heavy atom. The molecule has 0 radical (unpaired) electrons. The molecular weight excluding hydrogens is 484 g/mol. The molecule has 0 amide bonds. The van der Waals surface area contributed by atoms with Gasteiger partial charge in [-0.1, -0.05) is 0 Å². The molecule has 2 nitrogen and oxygen atoms in total. The summed E-state index contributed by atoms with van der Waals surface area (Å²) >= 11 is -1.57. The molecule has 0 saturated heterocycles. The molecular formula is C21H10F4N2Te. The molecule has 0 aliphatic heterocycles. The molecule has 2 aromatic heterocycles. The van der Waals surface area contributed by atoms with Gasteiger partial charge >= 0.3 is 173 Å². The number of alkyl halides is 3. The van der Waals surface area contributed by atoms with Crippen molar-refractivity contribution in [2.24, 2.45) is 0 Å². The Kier molecular flexibility index (Phi) is 2.88. The maximum atomic E-state index is 15.6. The van der Waals surface area contributed by atoms with Crippen LogP contribution in [0, 0.1) is 5.82 Å². The van der Waals surface area contributed by atoms with Crippen molar-refractivity contribution >= 4 is 50.9 Å². The molecule has 0 aliphatic rings. The van der Waals surface area contributed by atoms with Crippen molar-refractivity contribution in [3.8, 4) is 9.27 Å². The van der Waals surface area contributed by atoms with E-state index in [0.717, 1.165) is 6.07 Å². The SMILES string of the molecule is [2H]c1nc(-c2cc3c([2H])c([2H])c([2H])c([2H])c3[te]2)c2c(F)c3ccccc3c(C(F)(F)F)c2n1. The van der Waals surface area contributed by atoms with Crippen molar-refractivity contribution in [2.75, 3.05) is 0 Å². The Labute approximate surface area is 173 Å². The van der Waals surface area contributed by atoms with Crippen LogP contribution in [-0.4, -0.2) is 30.4 Å². The zero-order chi connectivity index (χ0) is 23.8. The fraction of sp³-hybridized carbons (Fsp3) is 0.0476. The third kappa shape index (κ3) is 2.61. The minimum absolute atomic E-state index is 0.186. The molecule has 0 bridgehead atoms. The summed E-state index contributed by atoms with van der Waals surface area (Å²) in [5, 5.41) is -0.898. The second-order valence-electron chi connectivity index (χ2n) is 5.98. The summed E-state index contributed by atoms with van der Waals surface area (Å²) in [7, 11) is 0. The van der Waals surface area contributed by atoms with E-state index in [2.05, 4.69) is 9.97 Å². The van der Waals surface area contributed by atoms with Crippen molar-refractivity contribution in [2.45, 2.75) is 6.18 Å². The summed E-state index contributed by atoms with van der Waals surface area (Å²) in [5.74, 6) is -0.951. The summed E-state index contributed by atoms with van der Waals surface area (Å²) in [6, 6.07) is 5.21. The monoisotopic (exact) mass is 501 g/mol. The normalized spacial score (nSPS) is 14.8. The van der Waals surface area contributed by atoms with E-state index in [1.54, 1.807) is 0 Å². The first-order valence-corrected chi connectivity index (χ1v) is 10.3. The van der Waals surface area contributed by atoms with Gasteiger partial charge in [-0.25, -0.2) is 0 Å². The fourth-order valence-corrected chi connectivity index (χ4v) is 5.99. The van der Waals surface area contributed by atoms with E-state index >= 15 is 4.39 Å². The van der Waals surface area contributed by atoms with Crippen molar-refractivity contribution in [1.29, 1.82) is 0 Å². The van der Waals surface area contributed by atoms with Crippen LogP contribution in [0.2, 0.25) is 0 Å². The molecule has 5 aromatic rings. The third-order valence-corrected chi connectivity index (χ3v) is 7.39. The number of halogens is 4. The van der Waals surface area contributed by atoms with Gasteiger partial charge in [0.25, 0.3) is 0 Å². The number of aromatic nitrogens is 2. The average molecular weight is 499 g/mol. The Balaban J connectivity index is 1.98. The summed E-state index contributed by atoms with van der Waals surface area (Å²) in [4.78, 5) is 7.60. The molecule has 0 saturated carbocycles. The van der Waals surface area contributed by atoms with Gasteiger partial charge in [0.15, 0.2) is 0 Å². The zero-order valence-electron chi connectivity index (χ0n) is 18.7. The second-order valence-corrected chi connectivity index (χ2v) is 8.98. The van der Waals surface area contributed by atoms with Gasteiger partial charge < -0.3 is 0 Å². The van der Waals surface area contributed by atoms with Crippen LogP contribution in [0.3, 0.4) is 0 Å². The van der Waals surface area contributed by atoms with Gasteiger partial charge in [0.05, 0.1) is 0 Å². The Bertz CT molecular complexity index is 1590. The number of nitrogens with zero attached hydrogens (tertiary/aromatic N) is 2. The molecule has 0 atom stereocenters. The van der Waals surface area contributed by atoms with E-state index in [4.69, 9.17) is 6.85 Å². The van der Waals surface area contributed by atoms with E-state index in [1.165, 1.54) is 24.3 Å². The van der Waals surface area contributed by atoms with Gasteiger partial charge in [-0.3, -0.25) is 0 Å². The van der Waals surface area contributed by atoms with Crippen LogP contribution in [0.4, 0.5) is 17.6 Å². The number of rotatable bonds is 1.